The van der Waals surface area contributed by atoms with Gasteiger partial charge in [0.25, 0.3) is 0 Å². The van der Waals surface area contributed by atoms with E-state index in [-0.39, 0.29) is 11.8 Å². The molecule has 0 atom stereocenters. The molecule has 1 aromatic carbocycles. The lowest BCUT2D eigenvalue weighted by molar-refractivity contribution is -0.128. The van der Waals surface area contributed by atoms with E-state index in [0.29, 0.717) is 19.6 Å². The summed E-state index contributed by atoms with van der Waals surface area (Å²) in [7, 11) is 0. The highest BCUT2D eigenvalue weighted by molar-refractivity contribution is 5.78. The fourth-order valence-electron chi connectivity index (χ4n) is 2.50. The molecule has 5 nitrogen and oxygen atoms in total. The van der Waals surface area contributed by atoms with Crippen LogP contribution in [0.3, 0.4) is 0 Å². The average molecular weight is 289 g/mol. The molecule has 0 saturated carbocycles. The van der Waals surface area contributed by atoms with E-state index in [4.69, 9.17) is 0 Å². The molecule has 1 fully saturated rings. The molecule has 1 saturated heterocycles. The summed E-state index contributed by atoms with van der Waals surface area (Å²) in [6.45, 7) is 5.69. The van der Waals surface area contributed by atoms with Crippen molar-refractivity contribution in [2.75, 3.05) is 32.7 Å². The Morgan fingerprint density at radius 3 is 2.57 bits per heavy atom. The Morgan fingerprint density at radius 1 is 1.10 bits per heavy atom. The zero-order valence-electron chi connectivity index (χ0n) is 12.5. The van der Waals surface area contributed by atoms with E-state index in [1.54, 1.807) is 6.92 Å². The third-order valence-electron chi connectivity index (χ3n) is 3.73. The molecule has 1 aliphatic rings. The summed E-state index contributed by atoms with van der Waals surface area (Å²) in [5.41, 5.74) is 1.10. The minimum absolute atomic E-state index is 0.0372. The fourth-order valence-corrected chi connectivity index (χ4v) is 2.50. The highest BCUT2D eigenvalue weighted by Crippen LogP contribution is 2.03. The third-order valence-corrected chi connectivity index (χ3v) is 3.73. The molecule has 21 heavy (non-hydrogen) atoms. The van der Waals surface area contributed by atoms with Gasteiger partial charge in [-0.15, -0.1) is 0 Å². The number of rotatable bonds is 4. The molecule has 0 bridgehead atoms. The Morgan fingerprint density at radius 2 is 1.86 bits per heavy atom. The van der Waals surface area contributed by atoms with Gasteiger partial charge in [0.15, 0.2) is 0 Å². The molecule has 1 aliphatic heterocycles. The minimum atomic E-state index is 0.0372. The van der Waals surface area contributed by atoms with Gasteiger partial charge >= 0.3 is 0 Å². The molecule has 0 aromatic heterocycles. The molecule has 114 valence electrons. The van der Waals surface area contributed by atoms with Crippen LogP contribution in [0, 0.1) is 0 Å². The number of carbonyl (C=O) groups excluding carboxylic acids is 2. The summed E-state index contributed by atoms with van der Waals surface area (Å²) >= 11 is 0. The molecule has 1 N–H and O–H groups in total. The number of nitrogens with zero attached hydrogens (tertiary/aromatic N) is 2. The van der Waals surface area contributed by atoms with Crippen LogP contribution in [0.4, 0.5) is 0 Å². The van der Waals surface area contributed by atoms with Crippen LogP contribution in [0.2, 0.25) is 0 Å². The number of amides is 2. The van der Waals surface area contributed by atoms with Gasteiger partial charge in [-0.3, -0.25) is 14.5 Å². The van der Waals surface area contributed by atoms with Crippen LogP contribution in [0.1, 0.15) is 18.9 Å². The highest BCUT2D eigenvalue weighted by atomic mass is 16.2. The molecule has 0 spiro atoms. The first kappa shape index (κ1) is 15.5. The van der Waals surface area contributed by atoms with Crippen LogP contribution in [0.15, 0.2) is 30.3 Å². The lowest BCUT2D eigenvalue weighted by Gasteiger charge is -2.20. The van der Waals surface area contributed by atoms with Crippen molar-refractivity contribution in [3.05, 3.63) is 35.9 Å². The number of benzene rings is 1. The maximum atomic E-state index is 12.0. The number of hydrogen-bond acceptors (Lipinski definition) is 3. The molecule has 5 heteroatoms. The van der Waals surface area contributed by atoms with Crippen LogP contribution < -0.4 is 5.32 Å². The first-order valence-electron chi connectivity index (χ1n) is 7.43. The van der Waals surface area contributed by atoms with Crippen LogP contribution in [0.5, 0.6) is 0 Å². The number of nitrogens with one attached hydrogen (secondary N) is 1. The van der Waals surface area contributed by atoms with Crippen molar-refractivity contribution < 1.29 is 9.59 Å². The predicted molar refractivity (Wildman–Crippen MR) is 81.6 cm³/mol. The van der Waals surface area contributed by atoms with E-state index in [0.717, 1.165) is 31.6 Å². The van der Waals surface area contributed by atoms with Gasteiger partial charge in [-0.2, -0.15) is 0 Å². The van der Waals surface area contributed by atoms with E-state index >= 15 is 0 Å². The van der Waals surface area contributed by atoms with E-state index < -0.39 is 0 Å². The quantitative estimate of drug-likeness (QED) is 0.894. The van der Waals surface area contributed by atoms with E-state index in [1.165, 1.54) is 0 Å². The van der Waals surface area contributed by atoms with E-state index in [1.807, 2.05) is 35.2 Å². The van der Waals surface area contributed by atoms with E-state index in [9.17, 15) is 9.59 Å². The van der Waals surface area contributed by atoms with Gasteiger partial charge in [0.2, 0.25) is 11.8 Å². The number of hydrogen-bond donors (Lipinski definition) is 1. The van der Waals surface area contributed by atoms with Gasteiger partial charge in [0, 0.05) is 39.6 Å². The molecule has 0 aliphatic carbocycles. The Kier molecular flexibility index (Phi) is 5.75. The van der Waals surface area contributed by atoms with Crippen LogP contribution in [0.25, 0.3) is 0 Å². The summed E-state index contributed by atoms with van der Waals surface area (Å²) in [4.78, 5) is 27.3. The Hall–Kier alpha value is -1.88. The minimum Gasteiger partial charge on any atom is -0.351 e. The molecule has 1 aromatic rings. The summed E-state index contributed by atoms with van der Waals surface area (Å²) in [6.07, 6.45) is 0.922. The molecular formula is C16H23N3O2. The molecule has 0 radical (unpaired) electrons. The Labute approximate surface area is 125 Å². The lowest BCUT2D eigenvalue weighted by Crippen LogP contribution is -2.39. The lowest BCUT2D eigenvalue weighted by atomic mass is 10.2. The van der Waals surface area contributed by atoms with Crippen molar-refractivity contribution in [2.45, 2.75) is 19.9 Å². The summed E-state index contributed by atoms with van der Waals surface area (Å²) < 4.78 is 0. The van der Waals surface area contributed by atoms with Crippen LogP contribution in [-0.2, 0) is 16.1 Å². The molecular weight excluding hydrogens is 266 g/mol. The summed E-state index contributed by atoms with van der Waals surface area (Å²) in [5.74, 6) is 0.153. The largest absolute Gasteiger partial charge is 0.351 e. The first-order chi connectivity index (χ1) is 10.1. The second-order valence-electron chi connectivity index (χ2n) is 5.40. The molecule has 2 rings (SSSR count). The van der Waals surface area contributed by atoms with Gasteiger partial charge in [-0.05, 0) is 12.0 Å². The van der Waals surface area contributed by atoms with Crippen molar-refractivity contribution in [3.8, 4) is 0 Å². The van der Waals surface area contributed by atoms with E-state index in [2.05, 4.69) is 10.2 Å². The van der Waals surface area contributed by atoms with Crippen molar-refractivity contribution in [1.82, 2.24) is 15.1 Å². The maximum absolute atomic E-state index is 12.0. The van der Waals surface area contributed by atoms with Gasteiger partial charge in [0.1, 0.15) is 0 Å². The zero-order chi connectivity index (χ0) is 15.1. The van der Waals surface area contributed by atoms with Gasteiger partial charge in [0.05, 0.1) is 6.54 Å². The smallest absolute Gasteiger partial charge is 0.234 e. The van der Waals surface area contributed by atoms with Crippen LogP contribution in [-0.4, -0.2) is 54.3 Å². The van der Waals surface area contributed by atoms with Gasteiger partial charge < -0.3 is 10.2 Å². The standard InChI is InChI=1S/C16H23N3O2/c1-14(20)19-9-5-8-18(10-11-19)13-16(21)17-12-15-6-3-2-4-7-15/h2-4,6-7H,5,8-13H2,1H3,(H,17,21). The molecule has 0 unspecified atom stereocenters. The van der Waals surface area contributed by atoms with Crippen LogP contribution >= 0.6 is 0 Å². The second kappa shape index (κ2) is 7.78. The van der Waals surface area contributed by atoms with Crippen molar-refractivity contribution >= 4 is 11.8 Å². The highest BCUT2D eigenvalue weighted by Gasteiger charge is 2.18. The molecule has 1 heterocycles. The predicted octanol–water partition coefficient (Wildman–Crippen LogP) is 0.857. The zero-order valence-corrected chi connectivity index (χ0v) is 12.5. The first-order valence-corrected chi connectivity index (χ1v) is 7.43. The monoisotopic (exact) mass is 289 g/mol. The fraction of sp³-hybridized carbons (Fsp3) is 0.500. The van der Waals surface area contributed by atoms with Crippen molar-refractivity contribution in [2.24, 2.45) is 0 Å². The normalized spacial score (nSPS) is 16.3. The SMILES string of the molecule is CC(=O)N1CCCN(CC(=O)NCc2ccccc2)CC1. The maximum Gasteiger partial charge on any atom is 0.234 e. The summed E-state index contributed by atoms with van der Waals surface area (Å²) in [5, 5.41) is 2.94. The molecule has 2 amide bonds. The van der Waals surface area contributed by atoms with Gasteiger partial charge in [-0.1, -0.05) is 30.3 Å². The van der Waals surface area contributed by atoms with Crippen molar-refractivity contribution in [3.63, 3.8) is 0 Å². The average Bonchev–Trinajstić information content (AvgIpc) is 2.72. The third kappa shape index (κ3) is 5.19. The Balaban J connectivity index is 1.74. The van der Waals surface area contributed by atoms with Gasteiger partial charge in [-0.25, -0.2) is 0 Å². The second-order valence-corrected chi connectivity index (χ2v) is 5.40. The van der Waals surface area contributed by atoms with Crippen molar-refractivity contribution in [1.29, 1.82) is 0 Å². The Bertz CT molecular complexity index is 476. The number of carbonyl (C=O) groups is 2. The topological polar surface area (TPSA) is 52.7 Å². The summed E-state index contributed by atoms with van der Waals surface area (Å²) in [6, 6.07) is 9.89.